The molecule has 0 unspecified atom stereocenters. The Morgan fingerprint density at radius 3 is 2.91 bits per heavy atom. The summed E-state index contributed by atoms with van der Waals surface area (Å²) in [4.78, 5) is 18.9. The Balaban J connectivity index is 2.22. The quantitative estimate of drug-likeness (QED) is 0.522. The van der Waals surface area contributed by atoms with Crippen LogP contribution in [0, 0.1) is 0 Å². The molecule has 2 aromatic rings. The van der Waals surface area contributed by atoms with E-state index in [4.69, 9.17) is 21.8 Å². The molecule has 0 aliphatic carbocycles. The van der Waals surface area contributed by atoms with Gasteiger partial charge in [0.1, 0.15) is 11.5 Å². The van der Waals surface area contributed by atoms with Gasteiger partial charge in [0, 0.05) is 36.1 Å². The van der Waals surface area contributed by atoms with Gasteiger partial charge in [-0.05, 0) is 19.1 Å². The number of nitrogens with one attached hydrogen (secondary N) is 3. The topological polar surface area (TPSA) is 110 Å². The maximum Gasteiger partial charge on any atom is 0.267 e. The predicted octanol–water partition coefficient (Wildman–Crippen LogP) is 1.24. The first kappa shape index (κ1) is 17.3. The molecule has 23 heavy (non-hydrogen) atoms. The molecule has 2 rings (SSSR count). The van der Waals surface area contributed by atoms with Crippen molar-refractivity contribution in [1.29, 1.82) is 0 Å². The zero-order valence-electron chi connectivity index (χ0n) is 12.6. The summed E-state index contributed by atoms with van der Waals surface area (Å²) < 4.78 is 0. The Morgan fingerprint density at radius 2 is 2.22 bits per heavy atom. The lowest BCUT2D eigenvalue weighted by Gasteiger charge is -2.12. The minimum absolute atomic E-state index is 0.0149. The van der Waals surface area contributed by atoms with Gasteiger partial charge >= 0.3 is 0 Å². The van der Waals surface area contributed by atoms with Crippen LogP contribution in [0.3, 0.4) is 0 Å². The first-order valence-electron chi connectivity index (χ1n) is 7.16. The Hall–Kier alpha value is -2.09. The van der Waals surface area contributed by atoms with Crippen LogP contribution in [0.4, 0.5) is 5.82 Å². The first-order chi connectivity index (χ1) is 11.0. The standard InChI is InChI=1S/C15H19ClN4O3/c1-9(8-22)20-14-5-11(12(16)7-19-14)10-4-13(18-6-10)15(23)17-2-3-21/h4-7,9,18,21-22H,2-3,8H2,1H3,(H,17,23)(H,19,20)/t9-/m0/s1. The molecule has 124 valence electrons. The molecule has 5 N–H and O–H groups in total. The number of amides is 1. The van der Waals surface area contributed by atoms with E-state index in [2.05, 4.69) is 20.6 Å². The van der Waals surface area contributed by atoms with Crippen LogP contribution in [-0.2, 0) is 0 Å². The van der Waals surface area contributed by atoms with E-state index in [1.807, 2.05) is 6.92 Å². The highest BCUT2D eigenvalue weighted by Gasteiger charge is 2.12. The van der Waals surface area contributed by atoms with Crippen molar-refractivity contribution >= 4 is 23.3 Å². The van der Waals surface area contributed by atoms with E-state index in [1.54, 1.807) is 18.3 Å². The minimum Gasteiger partial charge on any atom is -0.395 e. The number of aliphatic hydroxyl groups excluding tert-OH is 2. The van der Waals surface area contributed by atoms with Gasteiger partial charge in [0.25, 0.3) is 5.91 Å². The van der Waals surface area contributed by atoms with Gasteiger partial charge in [-0.3, -0.25) is 4.79 Å². The summed E-state index contributed by atoms with van der Waals surface area (Å²) in [6.45, 7) is 1.89. The van der Waals surface area contributed by atoms with Crippen LogP contribution < -0.4 is 10.6 Å². The zero-order chi connectivity index (χ0) is 16.8. The summed E-state index contributed by atoms with van der Waals surface area (Å²) in [6.07, 6.45) is 3.19. The Kier molecular flexibility index (Phi) is 5.97. The minimum atomic E-state index is -0.303. The summed E-state index contributed by atoms with van der Waals surface area (Å²) >= 11 is 6.19. The molecule has 1 amide bonds. The van der Waals surface area contributed by atoms with Gasteiger partial charge < -0.3 is 25.8 Å². The molecule has 0 saturated heterocycles. The lowest BCUT2D eigenvalue weighted by atomic mass is 10.1. The lowest BCUT2D eigenvalue weighted by Crippen LogP contribution is -2.26. The van der Waals surface area contributed by atoms with Gasteiger partial charge in [-0.1, -0.05) is 11.6 Å². The number of carbonyl (C=O) groups excluding carboxylic acids is 1. The van der Waals surface area contributed by atoms with Crippen molar-refractivity contribution in [1.82, 2.24) is 15.3 Å². The first-order valence-corrected chi connectivity index (χ1v) is 7.53. The molecule has 0 aliphatic heterocycles. The predicted molar refractivity (Wildman–Crippen MR) is 88.6 cm³/mol. The molecule has 0 aromatic carbocycles. The maximum absolute atomic E-state index is 11.8. The Morgan fingerprint density at radius 1 is 1.43 bits per heavy atom. The number of aromatic amines is 1. The van der Waals surface area contributed by atoms with E-state index in [-0.39, 0.29) is 31.7 Å². The monoisotopic (exact) mass is 338 g/mol. The fraction of sp³-hybridized carbons (Fsp3) is 0.333. The highest BCUT2D eigenvalue weighted by atomic mass is 35.5. The SMILES string of the molecule is C[C@@H](CO)Nc1cc(-c2c[nH]c(C(=O)NCCO)c2)c(Cl)cn1. The van der Waals surface area contributed by atoms with Crippen molar-refractivity contribution in [3.63, 3.8) is 0 Å². The highest BCUT2D eigenvalue weighted by molar-refractivity contribution is 6.33. The van der Waals surface area contributed by atoms with Crippen LogP contribution in [-0.4, -0.2) is 51.9 Å². The molecule has 1 atom stereocenters. The molecule has 0 saturated carbocycles. The van der Waals surface area contributed by atoms with Crippen LogP contribution in [0.1, 0.15) is 17.4 Å². The third-order valence-electron chi connectivity index (χ3n) is 3.16. The molecule has 0 radical (unpaired) electrons. The van der Waals surface area contributed by atoms with E-state index in [1.165, 1.54) is 6.20 Å². The van der Waals surface area contributed by atoms with Gasteiger partial charge in [0.05, 0.1) is 18.2 Å². The van der Waals surface area contributed by atoms with E-state index < -0.39 is 0 Å². The average Bonchev–Trinajstić information content (AvgIpc) is 3.04. The number of halogens is 1. The van der Waals surface area contributed by atoms with E-state index in [9.17, 15) is 4.79 Å². The van der Waals surface area contributed by atoms with E-state index in [0.717, 1.165) is 5.56 Å². The number of hydrogen-bond acceptors (Lipinski definition) is 5. The average molecular weight is 339 g/mol. The van der Waals surface area contributed by atoms with Crippen molar-refractivity contribution in [3.05, 3.63) is 35.2 Å². The van der Waals surface area contributed by atoms with Crippen LogP contribution in [0.15, 0.2) is 24.5 Å². The third kappa shape index (κ3) is 4.44. The van der Waals surface area contributed by atoms with Gasteiger partial charge in [0.15, 0.2) is 0 Å². The number of nitrogens with zero attached hydrogens (tertiary/aromatic N) is 1. The normalized spacial score (nSPS) is 12.0. The fourth-order valence-electron chi connectivity index (χ4n) is 1.98. The number of carbonyl (C=O) groups is 1. The van der Waals surface area contributed by atoms with Crippen molar-refractivity contribution < 1.29 is 15.0 Å². The molecule has 0 bridgehead atoms. The number of H-pyrrole nitrogens is 1. The Bertz CT molecular complexity index is 674. The second-order valence-corrected chi connectivity index (χ2v) is 5.47. The Labute approximate surface area is 138 Å². The molecule has 0 aliphatic rings. The zero-order valence-corrected chi connectivity index (χ0v) is 13.4. The molecule has 2 heterocycles. The van der Waals surface area contributed by atoms with E-state index >= 15 is 0 Å². The van der Waals surface area contributed by atoms with Crippen molar-refractivity contribution in [2.45, 2.75) is 13.0 Å². The summed E-state index contributed by atoms with van der Waals surface area (Å²) in [5, 5.41) is 23.9. The summed E-state index contributed by atoms with van der Waals surface area (Å²) in [5.41, 5.74) is 1.83. The van der Waals surface area contributed by atoms with Crippen LogP contribution in [0.5, 0.6) is 0 Å². The number of aromatic nitrogens is 2. The van der Waals surface area contributed by atoms with Crippen molar-refractivity contribution in [2.24, 2.45) is 0 Å². The van der Waals surface area contributed by atoms with Gasteiger partial charge in [-0.25, -0.2) is 4.98 Å². The van der Waals surface area contributed by atoms with Gasteiger partial charge in [-0.2, -0.15) is 0 Å². The number of hydrogen-bond donors (Lipinski definition) is 5. The van der Waals surface area contributed by atoms with Crippen LogP contribution in [0.25, 0.3) is 11.1 Å². The molecular formula is C15H19ClN4O3. The van der Waals surface area contributed by atoms with Gasteiger partial charge in [0.2, 0.25) is 0 Å². The number of anilines is 1. The van der Waals surface area contributed by atoms with Crippen molar-refractivity contribution in [3.8, 4) is 11.1 Å². The second-order valence-electron chi connectivity index (χ2n) is 5.06. The molecule has 7 nitrogen and oxygen atoms in total. The van der Waals surface area contributed by atoms with Crippen LogP contribution in [0.2, 0.25) is 5.02 Å². The molecule has 0 spiro atoms. The molecule has 8 heteroatoms. The number of pyridine rings is 1. The van der Waals surface area contributed by atoms with Crippen molar-refractivity contribution in [2.75, 3.05) is 25.1 Å². The fourth-order valence-corrected chi connectivity index (χ4v) is 2.19. The van der Waals surface area contributed by atoms with E-state index in [0.29, 0.717) is 22.1 Å². The number of rotatable bonds is 7. The molecular weight excluding hydrogens is 320 g/mol. The molecule has 0 fully saturated rings. The summed E-state index contributed by atoms with van der Waals surface area (Å²) in [7, 11) is 0. The largest absolute Gasteiger partial charge is 0.395 e. The van der Waals surface area contributed by atoms with Gasteiger partial charge in [-0.15, -0.1) is 0 Å². The summed E-state index contributed by atoms with van der Waals surface area (Å²) in [6, 6.07) is 3.29. The number of aliphatic hydroxyl groups is 2. The molecule has 2 aromatic heterocycles. The highest BCUT2D eigenvalue weighted by Crippen LogP contribution is 2.30. The maximum atomic E-state index is 11.8. The summed E-state index contributed by atoms with van der Waals surface area (Å²) in [5.74, 6) is 0.279. The second kappa shape index (κ2) is 7.96. The third-order valence-corrected chi connectivity index (χ3v) is 3.46. The smallest absolute Gasteiger partial charge is 0.267 e. The van der Waals surface area contributed by atoms with Crippen LogP contribution >= 0.6 is 11.6 Å². The lowest BCUT2D eigenvalue weighted by molar-refractivity contribution is 0.0940.